The van der Waals surface area contributed by atoms with Gasteiger partial charge in [0, 0.05) is 35.7 Å². The number of hydrogen-bond donors (Lipinski definition) is 7. The fraction of sp³-hybridized carbons (Fsp3) is 0.400. The first-order chi connectivity index (χ1) is 13.2. The largest absolute Gasteiger partial charge is 0.398 e. The molecule has 3 atom stereocenters. The number of hydrogen-bond acceptors (Lipinski definition) is 8. The maximum absolute atomic E-state index is 9.92. The average Bonchev–Trinajstić information content (AvgIpc) is 2.64. The van der Waals surface area contributed by atoms with E-state index < -0.39 is 18.6 Å². The molecule has 0 spiro atoms. The Labute approximate surface area is 165 Å². The number of aliphatic hydroxyl groups is 4. The van der Waals surface area contributed by atoms with Gasteiger partial charge in [-0.1, -0.05) is 6.07 Å². The molecule has 0 aromatic heterocycles. The summed E-state index contributed by atoms with van der Waals surface area (Å²) in [5.41, 5.74) is 16.1. The second kappa shape index (κ2) is 9.61. The highest BCUT2D eigenvalue weighted by atomic mass is 16.3. The van der Waals surface area contributed by atoms with E-state index >= 15 is 0 Å². The first-order valence-electron chi connectivity index (χ1n) is 9.17. The average molecular weight is 390 g/mol. The van der Waals surface area contributed by atoms with Crippen LogP contribution in [0.4, 0.5) is 22.7 Å². The molecular formula is C20H30N4O4. The fourth-order valence-electron chi connectivity index (χ4n) is 3.19. The van der Waals surface area contributed by atoms with Gasteiger partial charge in [-0.2, -0.15) is 0 Å². The summed E-state index contributed by atoms with van der Waals surface area (Å²) in [7, 11) is 0. The monoisotopic (exact) mass is 390 g/mol. The number of rotatable bonds is 9. The van der Waals surface area contributed by atoms with Crippen molar-refractivity contribution in [2.45, 2.75) is 45.4 Å². The summed E-state index contributed by atoms with van der Waals surface area (Å²) in [6, 6.07) is 10.7. The van der Waals surface area contributed by atoms with Crippen LogP contribution in [0.2, 0.25) is 0 Å². The van der Waals surface area contributed by atoms with Crippen molar-refractivity contribution in [1.29, 1.82) is 0 Å². The molecule has 2 aromatic rings. The summed E-state index contributed by atoms with van der Waals surface area (Å²) < 4.78 is 0. The zero-order valence-corrected chi connectivity index (χ0v) is 16.2. The van der Waals surface area contributed by atoms with Gasteiger partial charge >= 0.3 is 0 Å². The topological polar surface area (TPSA) is 148 Å². The quantitative estimate of drug-likeness (QED) is 0.246. The predicted molar refractivity (Wildman–Crippen MR) is 112 cm³/mol. The van der Waals surface area contributed by atoms with Crippen LogP contribution in [0.25, 0.3) is 0 Å². The third kappa shape index (κ3) is 5.26. The van der Waals surface area contributed by atoms with Crippen molar-refractivity contribution in [3.63, 3.8) is 0 Å². The van der Waals surface area contributed by atoms with Gasteiger partial charge in [-0.05, 0) is 55.3 Å². The minimum Gasteiger partial charge on any atom is -0.398 e. The molecule has 0 radical (unpaired) electrons. The normalized spacial score (nSPS) is 14.4. The lowest BCUT2D eigenvalue weighted by atomic mass is 9.98. The Bertz CT molecular complexity index is 775. The van der Waals surface area contributed by atoms with Gasteiger partial charge in [-0.3, -0.25) is 0 Å². The van der Waals surface area contributed by atoms with Crippen LogP contribution >= 0.6 is 0 Å². The molecule has 28 heavy (non-hydrogen) atoms. The lowest BCUT2D eigenvalue weighted by molar-refractivity contribution is 0.0955. The SMILES string of the molecule is CC(O)N(c1cccc(NCc2c(N)ccc(N)c2CC(O)CO)c1)C(C)O. The highest BCUT2D eigenvalue weighted by Gasteiger charge is 2.18. The van der Waals surface area contributed by atoms with Gasteiger partial charge in [0.1, 0.15) is 12.5 Å². The molecule has 3 unspecified atom stereocenters. The molecule has 0 fully saturated rings. The number of nitrogens with one attached hydrogen (secondary N) is 1. The summed E-state index contributed by atoms with van der Waals surface area (Å²) in [5, 5.41) is 42.1. The lowest BCUT2D eigenvalue weighted by Gasteiger charge is -2.30. The third-order valence-electron chi connectivity index (χ3n) is 4.57. The van der Waals surface area contributed by atoms with Gasteiger partial charge in [0.2, 0.25) is 0 Å². The number of aliphatic hydroxyl groups excluding tert-OH is 4. The molecule has 0 heterocycles. The highest BCUT2D eigenvalue weighted by Crippen LogP contribution is 2.27. The van der Waals surface area contributed by atoms with E-state index in [1.54, 1.807) is 32.0 Å². The Morgan fingerprint density at radius 2 is 1.57 bits per heavy atom. The van der Waals surface area contributed by atoms with Crippen molar-refractivity contribution in [1.82, 2.24) is 0 Å². The molecule has 0 bridgehead atoms. The molecular weight excluding hydrogens is 360 g/mol. The van der Waals surface area contributed by atoms with Gasteiger partial charge in [0.15, 0.2) is 0 Å². The summed E-state index contributed by atoms with van der Waals surface area (Å²) in [6.45, 7) is 3.16. The summed E-state index contributed by atoms with van der Waals surface area (Å²) >= 11 is 0. The van der Waals surface area contributed by atoms with Gasteiger partial charge in [-0.15, -0.1) is 0 Å². The van der Waals surface area contributed by atoms with Crippen molar-refractivity contribution < 1.29 is 20.4 Å². The lowest BCUT2D eigenvalue weighted by Crippen LogP contribution is -2.40. The maximum atomic E-state index is 9.92. The van der Waals surface area contributed by atoms with Gasteiger partial charge in [0.25, 0.3) is 0 Å². The molecule has 154 valence electrons. The Kier molecular flexibility index (Phi) is 7.47. The number of benzene rings is 2. The van der Waals surface area contributed by atoms with Crippen molar-refractivity contribution in [3.8, 4) is 0 Å². The molecule has 0 saturated heterocycles. The number of nitrogen functional groups attached to an aromatic ring is 2. The van der Waals surface area contributed by atoms with E-state index in [2.05, 4.69) is 5.32 Å². The number of anilines is 4. The van der Waals surface area contributed by atoms with Crippen LogP contribution in [-0.4, -0.2) is 45.6 Å². The van der Waals surface area contributed by atoms with Crippen LogP contribution in [-0.2, 0) is 13.0 Å². The molecule has 0 saturated carbocycles. The molecule has 0 amide bonds. The Balaban J connectivity index is 2.25. The van der Waals surface area contributed by atoms with Crippen LogP contribution in [0.5, 0.6) is 0 Å². The van der Waals surface area contributed by atoms with E-state index in [1.807, 2.05) is 18.2 Å². The minimum atomic E-state index is -0.920. The molecule has 8 nitrogen and oxygen atoms in total. The third-order valence-corrected chi connectivity index (χ3v) is 4.57. The van der Waals surface area contributed by atoms with E-state index in [0.717, 1.165) is 11.3 Å². The second-order valence-electron chi connectivity index (χ2n) is 6.82. The molecule has 2 rings (SSSR count). The van der Waals surface area contributed by atoms with E-state index in [9.17, 15) is 15.3 Å². The van der Waals surface area contributed by atoms with Crippen LogP contribution in [0.1, 0.15) is 25.0 Å². The van der Waals surface area contributed by atoms with Crippen molar-refractivity contribution >= 4 is 22.7 Å². The minimum absolute atomic E-state index is 0.197. The van der Waals surface area contributed by atoms with Gasteiger partial charge < -0.3 is 42.1 Å². The van der Waals surface area contributed by atoms with E-state index in [1.165, 1.54) is 4.90 Å². The fourth-order valence-corrected chi connectivity index (χ4v) is 3.19. The molecule has 0 aliphatic carbocycles. The predicted octanol–water partition coefficient (Wildman–Crippen LogP) is 0.842. The summed E-state index contributed by atoms with van der Waals surface area (Å²) in [6.07, 6.45) is -2.43. The van der Waals surface area contributed by atoms with Crippen LogP contribution in [0.15, 0.2) is 36.4 Å². The van der Waals surface area contributed by atoms with Crippen molar-refractivity contribution in [3.05, 3.63) is 47.5 Å². The Hall–Kier alpha value is -2.52. The molecule has 0 aliphatic rings. The number of nitrogens with two attached hydrogens (primary N) is 2. The maximum Gasteiger partial charge on any atom is 0.126 e. The first-order valence-corrected chi connectivity index (χ1v) is 9.17. The standard InChI is InChI=1S/C20H30N4O4/c1-12(26)24(13(2)27)15-5-3-4-14(8-15)23-10-18-17(9-16(28)11-25)19(21)6-7-20(18)22/h3-8,12-13,16,23,25-28H,9-11,21-22H2,1-2H3. The zero-order chi connectivity index (χ0) is 20.8. The summed E-state index contributed by atoms with van der Waals surface area (Å²) in [5.74, 6) is 0. The first kappa shape index (κ1) is 21.8. The molecule has 2 aromatic carbocycles. The van der Waals surface area contributed by atoms with E-state index in [4.69, 9.17) is 16.6 Å². The molecule has 8 heteroatoms. The van der Waals surface area contributed by atoms with Crippen molar-refractivity contribution in [2.75, 3.05) is 28.3 Å². The highest BCUT2D eigenvalue weighted by molar-refractivity contribution is 5.64. The van der Waals surface area contributed by atoms with Crippen LogP contribution in [0, 0.1) is 0 Å². The van der Waals surface area contributed by atoms with E-state index in [0.29, 0.717) is 29.2 Å². The molecule has 9 N–H and O–H groups in total. The smallest absolute Gasteiger partial charge is 0.126 e. The second-order valence-corrected chi connectivity index (χ2v) is 6.82. The Morgan fingerprint density at radius 1 is 0.964 bits per heavy atom. The van der Waals surface area contributed by atoms with Gasteiger partial charge in [0.05, 0.1) is 12.7 Å². The zero-order valence-electron chi connectivity index (χ0n) is 16.2. The Morgan fingerprint density at radius 3 is 2.14 bits per heavy atom. The summed E-state index contributed by atoms with van der Waals surface area (Å²) in [4.78, 5) is 1.48. The molecule has 0 aliphatic heterocycles. The van der Waals surface area contributed by atoms with Crippen LogP contribution in [0.3, 0.4) is 0 Å². The van der Waals surface area contributed by atoms with Gasteiger partial charge in [-0.25, -0.2) is 0 Å². The van der Waals surface area contributed by atoms with Crippen LogP contribution < -0.4 is 21.7 Å². The van der Waals surface area contributed by atoms with Crippen molar-refractivity contribution in [2.24, 2.45) is 0 Å². The van der Waals surface area contributed by atoms with E-state index in [-0.39, 0.29) is 13.0 Å². The number of nitrogens with zero attached hydrogens (tertiary/aromatic N) is 1.